The van der Waals surface area contributed by atoms with Crippen LogP contribution < -0.4 is 5.73 Å². The van der Waals surface area contributed by atoms with Crippen molar-refractivity contribution >= 4 is 11.8 Å². The lowest BCUT2D eigenvalue weighted by Gasteiger charge is -2.13. The summed E-state index contributed by atoms with van der Waals surface area (Å²) in [7, 11) is 0. The van der Waals surface area contributed by atoms with E-state index in [1.165, 1.54) is 23.5 Å². The average molecular weight is 153 g/mol. The summed E-state index contributed by atoms with van der Waals surface area (Å²) in [5, 5.41) is 0. The van der Waals surface area contributed by atoms with Crippen LogP contribution in [0.2, 0.25) is 0 Å². The number of hydrogen-bond donors (Lipinski definition) is 1. The van der Waals surface area contributed by atoms with Crippen molar-refractivity contribution in [2.75, 3.05) is 5.75 Å². The van der Waals surface area contributed by atoms with Crippen molar-refractivity contribution in [1.29, 1.82) is 0 Å². The van der Waals surface area contributed by atoms with E-state index in [1.807, 2.05) is 17.8 Å². The zero-order valence-corrected chi connectivity index (χ0v) is 6.66. The maximum absolute atomic E-state index is 5.79. The van der Waals surface area contributed by atoms with Crippen molar-refractivity contribution in [3.8, 4) is 0 Å². The van der Waals surface area contributed by atoms with E-state index in [-0.39, 0.29) is 0 Å². The lowest BCUT2D eigenvalue weighted by atomic mass is 9.97. The zero-order chi connectivity index (χ0) is 6.97. The van der Waals surface area contributed by atoms with Crippen molar-refractivity contribution in [2.45, 2.75) is 12.8 Å². The van der Waals surface area contributed by atoms with Gasteiger partial charge in [-0.15, -0.1) is 11.8 Å². The molecule has 0 bridgehead atoms. The summed E-state index contributed by atoms with van der Waals surface area (Å²) in [6, 6.07) is 0. The number of rotatable bonds is 0. The molecular formula is C8H11NS. The van der Waals surface area contributed by atoms with Gasteiger partial charge in [0.05, 0.1) is 0 Å². The largest absolute Gasteiger partial charge is 0.398 e. The van der Waals surface area contributed by atoms with Gasteiger partial charge in [-0.25, -0.2) is 0 Å². The van der Waals surface area contributed by atoms with Crippen LogP contribution >= 0.6 is 11.8 Å². The van der Waals surface area contributed by atoms with Gasteiger partial charge in [0.25, 0.3) is 0 Å². The Labute approximate surface area is 65.4 Å². The molecule has 2 N–H and O–H groups in total. The predicted molar refractivity (Wildman–Crippen MR) is 45.5 cm³/mol. The predicted octanol–water partition coefficient (Wildman–Crippen LogP) is 1.87. The summed E-state index contributed by atoms with van der Waals surface area (Å²) >= 11 is 1.94. The third-order valence-corrected chi connectivity index (χ3v) is 3.42. The smallest absolute Gasteiger partial charge is 0.0410 e. The molecule has 1 nitrogen and oxygen atoms in total. The monoisotopic (exact) mass is 153 g/mol. The Kier molecular flexibility index (Phi) is 1.49. The molecule has 10 heavy (non-hydrogen) atoms. The first-order valence-corrected chi connectivity index (χ1v) is 4.65. The number of nitrogens with two attached hydrogens (primary N) is 1. The van der Waals surface area contributed by atoms with E-state index >= 15 is 0 Å². The third-order valence-electron chi connectivity index (χ3n) is 2.10. The van der Waals surface area contributed by atoms with Gasteiger partial charge in [0.2, 0.25) is 0 Å². The highest BCUT2D eigenvalue weighted by Gasteiger charge is 2.24. The van der Waals surface area contributed by atoms with Gasteiger partial charge in [-0.3, -0.25) is 0 Å². The van der Waals surface area contributed by atoms with Gasteiger partial charge >= 0.3 is 0 Å². The molecule has 1 aliphatic carbocycles. The lowest BCUT2D eigenvalue weighted by Crippen LogP contribution is -2.06. The lowest BCUT2D eigenvalue weighted by molar-refractivity contribution is 0.641. The molecule has 1 aliphatic heterocycles. The molecule has 1 atom stereocenters. The minimum absolute atomic E-state index is 0.773. The molecule has 0 aromatic rings. The standard InChI is InChI=1S/C8H11NS/c9-7-3-1-2-6-4-5-10-8(6)7/h1,3,6H,2,4-5,9H2. The van der Waals surface area contributed by atoms with E-state index in [4.69, 9.17) is 5.73 Å². The Morgan fingerprint density at radius 1 is 1.60 bits per heavy atom. The zero-order valence-electron chi connectivity index (χ0n) is 5.84. The second kappa shape index (κ2) is 2.35. The van der Waals surface area contributed by atoms with Gasteiger partial charge in [-0.05, 0) is 30.6 Å². The number of fused-ring (bicyclic) bond motifs is 1. The van der Waals surface area contributed by atoms with Gasteiger partial charge in [0.15, 0.2) is 0 Å². The molecular weight excluding hydrogens is 142 g/mol. The minimum atomic E-state index is 0.773. The number of hydrogen-bond acceptors (Lipinski definition) is 2. The first kappa shape index (κ1) is 6.35. The molecule has 0 saturated carbocycles. The van der Waals surface area contributed by atoms with E-state index in [2.05, 4.69) is 6.08 Å². The highest BCUT2D eigenvalue weighted by atomic mass is 32.2. The quantitative estimate of drug-likeness (QED) is 0.575. The molecule has 2 rings (SSSR count). The average Bonchev–Trinajstić information content (AvgIpc) is 2.36. The van der Waals surface area contributed by atoms with Crippen LogP contribution in [0.25, 0.3) is 0 Å². The van der Waals surface area contributed by atoms with E-state index in [1.54, 1.807) is 0 Å². The van der Waals surface area contributed by atoms with E-state index in [0.29, 0.717) is 0 Å². The molecule has 1 unspecified atom stereocenters. The van der Waals surface area contributed by atoms with Gasteiger partial charge in [-0.2, -0.15) is 0 Å². The molecule has 1 heterocycles. The third kappa shape index (κ3) is 0.870. The number of thioether (sulfide) groups is 1. The molecule has 0 radical (unpaired) electrons. The van der Waals surface area contributed by atoms with Crippen LogP contribution in [0.5, 0.6) is 0 Å². The second-order valence-electron chi connectivity index (χ2n) is 2.79. The van der Waals surface area contributed by atoms with Crippen LogP contribution in [0.15, 0.2) is 22.8 Å². The van der Waals surface area contributed by atoms with E-state index in [0.717, 1.165) is 11.6 Å². The fourth-order valence-electron chi connectivity index (χ4n) is 1.55. The van der Waals surface area contributed by atoms with Crippen molar-refractivity contribution in [2.24, 2.45) is 11.7 Å². The van der Waals surface area contributed by atoms with Crippen molar-refractivity contribution in [1.82, 2.24) is 0 Å². The first-order valence-electron chi connectivity index (χ1n) is 3.67. The topological polar surface area (TPSA) is 26.0 Å². The summed E-state index contributed by atoms with van der Waals surface area (Å²) in [6.07, 6.45) is 6.77. The van der Waals surface area contributed by atoms with E-state index in [9.17, 15) is 0 Å². The second-order valence-corrected chi connectivity index (χ2v) is 3.93. The summed E-state index contributed by atoms with van der Waals surface area (Å²) in [5.74, 6) is 2.04. The molecule has 2 aliphatic rings. The van der Waals surface area contributed by atoms with Gasteiger partial charge in [-0.1, -0.05) is 6.08 Å². The SMILES string of the molecule is NC1=C2SCCC2CC=C1. The molecule has 0 spiro atoms. The molecule has 1 fully saturated rings. The maximum Gasteiger partial charge on any atom is 0.0410 e. The molecule has 0 aromatic heterocycles. The van der Waals surface area contributed by atoms with Crippen LogP contribution in [0.3, 0.4) is 0 Å². The van der Waals surface area contributed by atoms with Crippen LogP contribution in [-0.2, 0) is 0 Å². The van der Waals surface area contributed by atoms with Crippen LogP contribution in [0.4, 0.5) is 0 Å². The van der Waals surface area contributed by atoms with Crippen molar-refractivity contribution < 1.29 is 0 Å². The van der Waals surface area contributed by atoms with Crippen molar-refractivity contribution in [3.05, 3.63) is 22.8 Å². The van der Waals surface area contributed by atoms with Gasteiger partial charge in [0, 0.05) is 10.6 Å². The van der Waals surface area contributed by atoms with Gasteiger partial charge < -0.3 is 5.73 Å². The highest BCUT2D eigenvalue weighted by Crippen LogP contribution is 2.41. The molecule has 2 heteroatoms. The van der Waals surface area contributed by atoms with Crippen LogP contribution in [-0.4, -0.2) is 5.75 Å². The Balaban J connectivity index is 2.32. The Bertz CT molecular complexity index is 205. The normalized spacial score (nSPS) is 31.0. The number of allylic oxidation sites excluding steroid dienone is 3. The molecule has 0 aromatic carbocycles. The fourth-order valence-corrected chi connectivity index (χ4v) is 2.85. The Morgan fingerprint density at radius 3 is 3.30 bits per heavy atom. The summed E-state index contributed by atoms with van der Waals surface area (Å²) in [4.78, 5) is 1.45. The minimum Gasteiger partial charge on any atom is -0.398 e. The summed E-state index contributed by atoms with van der Waals surface area (Å²) in [5.41, 5.74) is 6.80. The fraction of sp³-hybridized carbons (Fsp3) is 0.500. The van der Waals surface area contributed by atoms with Crippen molar-refractivity contribution in [3.63, 3.8) is 0 Å². The molecule has 1 saturated heterocycles. The Morgan fingerprint density at radius 2 is 2.50 bits per heavy atom. The summed E-state index contributed by atoms with van der Waals surface area (Å²) < 4.78 is 0. The molecule has 0 amide bonds. The summed E-state index contributed by atoms with van der Waals surface area (Å²) in [6.45, 7) is 0. The Hall–Kier alpha value is -0.370. The first-order chi connectivity index (χ1) is 4.88. The maximum atomic E-state index is 5.79. The molecule has 54 valence electrons. The van der Waals surface area contributed by atoms with Crippen LogP contribution in [0.1, 0.15) is 12.8 Å². The van der Waals surface area contributed by atoms with E-state index < -0.39 is 0 Å². The van der Waals surface area contributed by atoms with Crippen LogP contribution in [0, 0.1) is 5.92 Å². The highest BCUT2D eigenvalue weighted by molar-refractivity contribution is 8.03. The van der Waals surface area contributed by atoms with Gasteiger partial charge in [0.1, 0.15) is 0 Å².